The molecular formula is C13H17N5O. The van der Waals surface area contributed by atoms with E-state index < -0.39 is 0 Å². The van der Waals surface area contributed by atoms with Gasteiger partial charge in [0.15, 0.2) is 5.82 Å². The molecule has 1 aromatic heterocycles. The topological polar surface area (TPSA) is 96.1 Å². The maximum absolute atomic E-state index is 9.42. The van der Waals surface area contributed by atoms with Gasteiger partial charge in [-0.05, 0) is 12.0 Å². The van der Waals surface area contributed by atoms with Gasteiger partial charge in [-0.2, -0.15) is 0 Å². The maximum atomic E-state index is 9.42. The molecule has 6 heteroatoms. The lowest BCUT2D eigenvalue weighted by Gasteiger charge is -2.17. The van der Waals surface area contributed by atoms with Crippen molar-refractivity contribution >= 4 is 11.6 Å². The Hall–Kier alpha value is -2.18. The van der Waals surface area contributed by atoms with Gasteiger partial charge in [-0.1, -0.05) is 30.3 Å². The summed E-state index contributed by atoms with van der Waals surface area (Å²) in [4.78, 5) is 8.20. The van der Waals surface area contributed by atoms with Crippen molar-refractivity contribution in [2.45, 2.75) is 12.5 Å². The average molecular weight is 259 g/mol. The van der Waals surface area contributed by atoms with Crippen LogP contribution in [0.4, 0.5) is 11.6 Å². The van der Waals surface area contributed by atoms with E-state index in [0.29, 0.717) is 18.1 Å². The summed E-state index contributed by atoms with van der Waals surface area (Å²) in [5.41, 5.74) is 3.58. The number of nitrogens with zero attached hydrogens (tertiary/aromatic N) is 2. The standard InChI is InChI=1S/C13H17N5O/c14-18-13-8-15-7-12(17-13)16-11(9-19)6-10-4-2-1-3-5-10/h1-5,7-8,11,19H,6,9,14H2,(H2,16,17,18). The van der Waals surface area contributed by atoms with Crippen LogP contribution in [0.1, 0.15) is 5.56 Å². The summed E-state index contributed by atoms with van der Waals surface area (Å²) in [5.74, 6) is 6.32. The van der Waals surface area contributed by atoms with Crippen LogP contribution in [0.2, 0.25) is 0 Å². The summed E-state index contributed by atoms with van der Waals surface area (Å²) in [5, 5.41) is 12.6. The van der Waals surface area contributed by atoms with Gasteiger partial charge >= 0.3 is 0 Å². The lowest BCUT2D eigenvalue weighted by Crippen LogP contribution is -2.27. The van der Waals surface area contributed by atoms with Crippen molar-refractivity contribution in [3.05, 3.63) is 48.3 Å². The Morgan fingerprint density at radius 2 is 1.89 bits per heavy atom. The van der Waals surface area contributed by atoms with Crippen molar-refractivity contribution in [3.8, 4) is 0 Å². The first-order valence-corrected chi connectivity index (χ1v) is 6.02. The molecule has 2 rings (SSSR count). The van der Waals surface area contributed by atoms with Crippen molar-refractivity contribution < 1.29 is 5.11 Å². The van der Waals surface area contributed by atoms with Crippen LogP contribution in [0.3, 0.4) is 0 Å². The smallest absolute Gasteiger partial charge is 0.160 e. The van der Waals surface area contributed by atoms with Crippen LogP contribution in [0, 0.1) is 0 Å². The Balaban J connectivity index is 2.02. The van der Waals surface area contributed by atoms with Gasteiger partial charge in [-0.25, -0.2) is 10.8 Å². The Labute approximate surface area is 111 Å². The first-order chi connectivity index (χ1) is 9.31. The Kier molecular flexibility index (Phi) is 4.66. The molecule has 0 aliphatic carbocycles. The Morgan fingerprint density at radius 1 is 1.16 bits per heavy atom. The molecule has 0 bridgehead atoms. The van der Waals surface area contributed by atoms with E-state index in [2.05, 4.69) is 20.7 Å². The monoisotopic (exact) mass is 259 g/mol. The normalized spacial score (nSPS) is 11.9. The molecule has 0 amide bonds. The zero-order valence-corrected chi connectivity index (χ0v) is 10.5. The molecule has 1 aromatic carbocycles. The van der Waals surface area contributed by atoms with E-state index in [1.807, 2.05) is 30.3 Å². The number of hydrogen-bond acceptors (Lipinski definition) is 6. The fourth-order valence-corrected chi connectivity index (χ4v) is 1.77. The molecule has 100 valence electrons. The number of nitrogens with one attached hydrogen (secondary N) is 2. The number of benzene rings is 1. The van der Waals surface area contributed by atoms with Crippen LogP contribution in [0.25, 0.3) is 0 Å². The zero-order valence-electron chi connectivity index (χ0n) is 10.5. The summed E-state index contributed by atoms with van der Waals surface area (Å²) in [7, 11) is 0. The quantitative estimate of drug-likeness (QED) is 0.452. The minimum Gasteiger partial charge on any atom is -0.394 e. The van der Waals surface area contributed by atoms with Crippen molar-refractivity contribution in [1.82, 2.24) is 9.97 Å². The number of rotatable bonds is 6. The number of anilines is 2. The predicted octanol–water partition coefficient (Wildman–Crippen LogP) is 0.778. The van der Waals surface area contributed by atoms with Gasteiger partial charge in [-0.15, -0.1) is 0 Å². The van der Waals surface area contributed by atoms with Crippen LogP contribution in [0.15, 0.2) is 42.7 Å². The van der Waals surface area contributed by atoms with Gasteiger partial charge in [0.05, 0.1) is 25.0 Å². The van der Waals surface area contributed by atoms with E-state index in [9.17, 15) is 5.11 Å². The van der Waals surface area contributed by atoms with Crippen molar-refractivity contribution in [3.63, 3.8) is 0 Å². The highest BCUT2D eigenvalue weighted by Crippen LogP contribution is 2.10. The molecule has 0 aliphatic rings. The number of hydrogen-bond donors (Lipinski definition) is 4. The van der Waals surface area contributed by atoms with Gasteiger partial charge in [-0.3, -0.25) is 4.98 Å². The summed E-state index contributed by atoms with van der Waals surface area (Å²) >= 11 is 0. The molecule has 0 saturated carbocycles. The molecule has 2 aromatic rings. The van der Waals surface area contributed by atoms with Crippen LogP contribution < -0.4 is 16.6 Å². The fourth-order valence-electron chi connectivity index (χ4n) is 1.77. The average Bonchev–Trinajstić information content (AvgIpc) is 2.48. The molecule has 1 atom stereocenters. The number of nitrogen functional groups attached to an aromatic ring is 1. The lowest BCUT2D eigenvalue weighted by atomic mass is 10.1. The number of aromatic nitrogens is 2. The summed E-state index contributed by atoms with van der Waals surface area (Å²) < 4.78 is 0. The third-order valence-corrected chi connectivity index (χ3v) is 2.68. The second-order valence-corrected chi connectivity index (χ2v) is 4.15. The summed E-state index contributed by atoms with van der Waals surface area (Å²) in [6.45, 7) is 0.0108. The molecule has 1 heterocycles. The van der Waals surface area contributed by atoms with Gasteiger partial charge in [0.25, 0.3) is 0 Å². The Bertz CT molecular complexity index is 505. The molecule has 0 aliphatic heterocycles. The van der Waals surface area contributed by atoms with E-state index in [1.165, 1.54) is 6.20 Å². The highest BCUT2D eigenvalue weighted by molar-refractivity contribution is 5.41. The second-order valence-electron chi connectivity index (χ2n) is 4.15. The van der Waals surface area contributed by atoms with Crippen molar-refractivity contribution in [2.75, 3.05) is 17.3 Å². The molecule has 0 fully saturated rings. The molecule has 6 nitrogen and oxygen atoms in total. The number of aliphatic hydroxyl groups is 1. The highest BCUT2D eigenvalue weighted by Gasteiger charge is 2.09. The molecule has 5 N–H and O–H groups in total. The number of hydrazine groups is 1. The third-order valence-electron chi connectivity index (χ3n) is 2.68. The minimum atomic E-state index is -0.121. The molecule has 19 heavy (non-hydrogen) atoms. The van der Waals surface area contributed by atoms with Gasteiger partial charge in [0.2, 0.25) is 0 Å². The second kappa shape index (κ2) is 6.67. The third kappa shape index (κ3) is 3.90. The minimum absolute atomic E-state index is 0.0108. The molecule has 0 radical (unpaired) electrons. The fraction of sp³-hybridized carbons (Fsp3) is 0.231. The highest BCUT2D eigenvalue weighted by atomic mass is 16.3. The SMILES string of the molecule is NNc1cncc(NC(CO)Cc2ccccc2)n1. The molecule has 0 spiro atoms. The summed E-state index contributed by atoms with van der Waals surface area (Å²) in [6.07, 6.45) is 3.82. The number of nitrogens with two attached hydrogens (primary N) is 1. The van der Waals surface area contributed by atoms with E-state index in [4.69, 9.17) is 5.84 Å². The van der Waals surface area contributed by atoms with Crippen molar-refractivity contribution in [2.24, 2.45) is 5.84 Å². The number of aliphatic hydroxyl groups excluding tert-OH is 1. The van der Waals surface area contributed by atoms with E-state index in [1.54, 1.807) is 6.20 Å². The van der Waals surface area contributed by atoms with E-state index >= 15 is 0 Å². The first kappa shape index (κ1) is 13.3. The van der Waals surface area contributed by atoms with Gasteiger partial charge in [0.1, 0.15) is 5.82 Å². The van der Waals surface area contributed by atoms with Crippen molar-refractivity contribution in [1.29, 1.82) is 0 Å². The van der Waals surface area contributed by atoms with E-state index in [-0.39, 0.29) is 12.6 Å². The zero-order chi connectivity index (χ0) is 13.5. The predicted molar refractivity (Wildman–Crippen MR) is 74.5 cm³/mol. The summed E-state index contributed by atoms with van der Waals surface area (Å²) in [6, 6.07) is 9.84. The van der Waals surface area contributed by atoms with E-state index in [0.717, 1.165) is 5.56 Å². The first-order valence-electron chi connectivity index (χ1n) is 6.02. The van der Waals surface area contributed by atoms with Crippen LogP contribution >= 0.6 is 0 Å². The van der Waals surface area contributed by atoms with Crippen LogP contribution in [0.5, 0.6) is 0 Å². The molecular weight excluding hydrogens is 242 g/mol. The Morgan fingerprint density at radius 3 is 2.58 bits per heavy atom. The van der Waals surface area contributed by atoms with Gasteiger partial charge in [0, 0.05) is 0 Å². The van der Waals surface area contributed by atoms with Crippen LogP contribution in [-0.2, 0) is 6.42 Å². The maximum Gasteiger partial charge on any atom is 0.160 e. The van der Waals surface area contributed by atoms with Crippen LogP contribution in [-0.4, -0.2) is 27.7 Å². The lowest BCUT2D eigenvalue weighted by molar-refractivity contribution is 0.273. The largest absolute Gasteiger partial charge is 0.394 e. The molecule has 1 unspecified atom stereocenters. The molecule has 0 saturated heterocycles. The van der Waals surface area contributed by atoms with Gasteiger partial charge < -0.3 is 15.8 Å².